The summed E-state index contributed by atoms with van der Waals surface area (Å²) in [5.74, 6) is -0.874. The molecule has 0 radical (unpaired) electrons. The van der Waals surface area contributed by atoms with Gasteiger partial charge in [0.25, 0.3) is 0 Å². The van der Waals surface area contributed by atoms with E-state index in [9.17, 15) is 14.2 Å². The molecule has 8 nitrogen and oxygen atoms in total. The minimum atomic E-state index is -4.74. The van der Waals surface area contributed by atoms with E-state index in [1.807, 2.05) is 0 Å². The first kappa shape index (κ1) is 43.0. The third-order valence-corrected chi connectivity index (χ3v) is 8.61. The average Bonchev–Trinajstić information content (AvgIpc) is 2.98. The summed E-state index contributed by atoms with van der Waals surface area (Å²) < 4.78 is 26.3. The maximum Gasteiger partial charge on any atom is 0.469 e. The van der Waals surface area contributed by atoms with Crippen LogP contribution in [0.4, 0.5) is 0 Å². The van der Waals surface area contributed by atoms with E-state index in [4.69, 9.17) is 19.3 Å². The van der Waals surface area contributed by atoms with E-state index < -0.39 is 32.5 Å². The van der Waals surface area contributed by atoms with Crippen molar-refractivity contribution in [3.05, 3.63) is 0 Å². The maximum absolute atomic E-state index is 12.3. The van der Waals surface area contributed by atoms with Crippen LogP contribution in [0.1, 0.15) is 194 Å². The van der Waals surface area contributed by atoms with Crippen LogP contribution in [-0.4, -0.2) is 41.0 Å². The number of rotatable bonds is 34. The van der Waals surface area contributed by atoms with E-state index in [1.165, 1.54) is 128 Å². The van der Waals surface area contributed by atoms with E-state index in [0.717, 1.165) is 32.1 Å². The van der Waals surface area contributed by atoms with Gasteiger partial charge in [-0.05, 0) is 12.8 Å². The fourth-order valence-corrected chi connectivity index (χ4v) is 5.73. The molecule has 0 heterocycles. The number of unbranched alkanes of at least 4 members (excludes halogenated alkanes) is 24. The van der Waals surface area contributed by atoms with Crippen molar-refractivity contribution in [1.29, 1.82) is 0 Å². The lowest BCUT2D eigenvalue weighted by molar-refractivity contribution is -0.161. The van der Waals surface area contributed by atoms with Crippen LogP contribution in [0.5, 0.6) is 0 Å². The monoisotopic (exact) mass is 648 g/mol. The highest BCUT2D eigenvalue weighted by atomic mass is 31.2. The number of phosphoric acid groups is 1. The smallest absolute Gasteiger partial charge is 0.462 e. The maximum atomic E-state index is 12.3. The summed E-state index contributed by atoms with van der Waals surface area (Å²) in [6.45, 7) is 3.68. The fraction of sp³-hybridized carbons (Fsp3) is 0.943. The molecule has 0 aliphatic heterocycles. The molecule has 2 N–H and O–H groups in total. The second kappa shape index (κ2) is 32.0. The first-order chi connectivity index (χ1) is 21.3. The molecule has 0 fully saturated rings. The minimum absolute atomic E-state index is 0.219. The first-order valence-corrected chi connectivity index (χ1v) is 19.9. The highest BCUT2D eigenvalue weighted by Gasteiger charge is 2.22. The van der Waals surface area contributed by atoms with E-state index in [2.05, 4.69) is 18.4 Å². The van der Waals surface area contributed by atoms with Crippen LogP contribution < -0.4 is 0 Å². The number of carbonyl (C=O) groups is 2. The quantitative estimate of drug-likeness (QED) is 0.0402. The van der Waals surface area contributed by atoms with E-state index in [-0.39, 0.29) is 19.4 Å². The van der Waals surface area contributed by atoms with Crippen molar-refractivity contribution in [2.24, 2.45) is 0 Å². The van der Waals surface area contributed by atoms with Crippen molar-refractivity contribution in [3.63, 3.8) is 0 Å². The Morgan fingerprint density at radius 1 is 0.500 bits per heavy atom. The summed E-state index contributed by atoms with van der Waals surface area (Å²) in [5, 5.41) is 0. The van der Waals surface area contributed by atoms with Gasteiger partial charge in [-0.15, -0.1) is 0 Å². The summed E-state index contributed by atoms with van der Waals surface area (Å²) in [5.41, 5.74) is 0. The lowest BCUT2D eigenvalue weighted by Gasteiger charge is -2.18. The second-order valence-electron chi connectivity index (χ2n) is 12.6. The van der Waals surface area contributed by atoms with Crippen molar-refractivity contribution in [3.8, 4) is 0 Å². The normalized spacial score (nSPS) is 12.4. The van der Waals surface area contributed by atoms with Crippen LogP contribution in [0.3, 0.4) is 0 Å². The van der Waals surface area contributed by atoms with Gasteiger partial charge in [-0.2, -0.15) is 0 Å². The zero-order chi connectivity index (χ0) is 32.6. The zero-order valence-electron chi connectivity index (χ0n) is 28.6. The van der Waals surface area contributed by atoms with Crippen LogP contribution in [-0.2, 0) is 28.2 Å². The Morgan fingerprint density at radius 3 is 1.16 bits per heavy atom. The predicted octanol–water partition coefficient (Wildman–Crippen LogP) is 10.5. The lowest BCUT2D eigenvalue weighted by atomic mass is 10.0. The Hall–Kier alpha value is -0.950. The summed E-state index contributed by atoms with van der Waals surface area (Å²) in [7, 11) is -4.74. The van der Waals surface area contributed by atoms with Gasteiger partial charge in [-0.1, -0.05) is 168 Å². The van der Waals surface area contributed by atoms with E-state index in [0.29, 0.717) is 6.42 Å². The van der Waals surface area contributed by atoms with Gasteiger partial charge in [-0.3, -0.25) is 14.1 Å². The molecule has 0 amide bonds. The highest BCUT2D eigenvalue weighted by Crippen LogP contribution is 2.36. The SMILES string of the molecule is CCCCCCCCCCCCCCCCC(=O)O[C@H](COC(=O)CCCCCCCCCCCCCC)COP(=O)(O)O. The third-order valence-electron chi connectivity index (χ3n) is 8.13. The second-order valence-corrected chi connectivity index (χ2v) is 13.8. The van der Waals surface area contributed by atoms with Crippen LogP contribution in [0.15, 0.2) is 0 Å². The van der Waals surface area contributed by atoms with Crippen LogP contribution in [0.25, 0.3) is 0 Å². The van der Waals surface area contributed by atoms with E-state index in [1.54, 1.807) is 0 Å². The summed E-state index contributed by atoms with van der Waals surface area (Å²) in [4.78, 5) is 42.6. The summed E-state index contributed by atoms with van der Waals surface area (Å²) in [6, 6.07) is 0. The van der Waals surface area contributed by atoms with E-state index >= 15 is 0 Å². The molecule has 0 spiro atoms. The molecule has 9 heteroatoms. The Kier molecular flexibility index (Phi) is 31.3. The Labute approximate surface area is 270 Å². The summed E-state index contributed by atoms with van der Waals surface area (Å²) >= 11 is 0. The Morgan fingerprint density at radius 2 is 0.818 bits per heavy atom. The lowest BCUT2D eigenvalue weighted by Crippen LogP contribution is -2.29. The largest absolute Gasteiger partial charge is 0.469 e. The number of hydrogen-bond acceptors (Lipinski definition) is 6. The van der Waals surface area contributed by atoms with Gasteiger partial charge in [0.1, 0.15) is 6.61 Å². The van der Waals surface area contributed by atoms with Crippen molar-refractivity contribution in [2.75, 3.05) is 13.2 Å². The number of phosphoric ester groups is 1. The summed E-state index contributed by atoms with van der Waals surface area (Å²) in [6.07, 6.45) is 31.1. The molecule has 0 aromatic heterocycles. The van der Waals surface area contributed by atoms with Gasteiger partial charge in [0.2, 0.25) is 0 Å². The molecular formula is C35H69O8P. The van der Waals surface area contributed by atoms with Gasteiger partial charge in [0.05, 0.1) is 6.61 Å². The minimum Gasteiger partial charge on any atom is -0.462 e. The molecule has 0 aliphatic rings. The molecule has 1 atom stereocenters. The van der Waals surface area contributed by atoms with Gasteiger partial charge in [0.15, 0.2) is 6.10 Å². The van der Waals surface area contributed by atoms with Gasteiger partial charge >= 0.3 is 19.8 Å². The fourth-order valence-electron chi connectivity index (χ4n) is 5.37. The molecule has 0 saturated carbocycles. The molecule has 0 rings (SSSR count). The zero-order valence-corrected chi connectivity index (χ0v) is 29.5. The van der Waals surface area contributed by atoms with Gasteiger partial charge in [-0.25, -0.2) is 4.57 Å². The molecule has 0 bridgehead atoms. The molecule has 0 aromatic carbocycles. The first-order valence-electron chi connectivity index (χ1n) is 18.3. The molecule has 44 heavy (non-hydrogen) atoms. The Bertz CT molecular complexity index is 696. The molecule has 0 saturated heterocycles. The number of ether oxygens (including phenoxy) is 2. The molecule has 0 aliphatic carbocycles. The Balaban J connectivity index is 3.94. The molecular weight excluding hydrogens is 579 g/mol. The highest BCUT2D eigenvalue weighted by molar-refractivity contribution is 7.46. The van der Waals surface area contributed by atoms with Crippen LogP contribution in [0, 0.1) is 0 Å². The topological polar surface area (TPSA) is 119 Å². The van der Waals surface area contributed by atoms with Crippen molar-refractivity contribution >= 4 is 19.8 Å². The molecule has 0 unspecified atom stereocenters. The third kappa shape index (κ3) is 33.9. The van der Waals surface area contributed by atoms with Crippen molar-refractivity contribution in [2.45, 2.75) is 200 Å². The van der Waals surface area contributed by atoms with Crippen LogP contribution >= 0.6 is 7.82 Å². The average molecular weight is 649 g/mol. The predicted molar refractivity (Wildman–Crippen MR) is 179 cm³/mol. The van der Waals surface area contributed by atoms with Crippen molar-refractivity contribution in [1.82, 2.24) is 0 Å². The van der Waals surface area contributed by atoms with Gasteiger partial charge in [0, 0.05) is 12.8 Å². The molecule has 262 valence electrons. The van der Waals surface area contributed by atoms with Gasteiger partial charge < -0.3 is 19.3 Å². The number of hydrogen-bond donors (Lipinski definition) is 2. The number of esters is 2. The number of carbonyl (C=O) groups excluding carboxylic acids is 2. The van der Waals surface area contributed by atoms with Crippen LogP contribution in [0.2, 0.25) is 0 Å². The standard InChI is InChI=1S/C35H69O8P/c1-3-5-7-9-11-13-15-17-18-20-22-24-26-28-30-35(37)43-33(32-42-44(38,39)40)31-41-34(36)29-27-25-23-21-19-16-14-12-10-8-6-4-2/h33H,3-32H2,1-2H3,(H2,38,39,40)/t33-/m1/s1. The van der Waals surface area contributed by atoms with Crippen molar-refractivity contribution < 1.29 is 37.9 Å². The molecule has 0 aromatic rings.